The van der Waals surface area contributed by atoms with Gasteiger partial charge in [0.25, 0.3) is 0 Å². The van der Waals surface area contributed by atoms with Gasteiger partial charge in [-0.15, -0.1) is 0 Å². The Hall–Kier alpha value is -0.870. The number of ether oxygens (including phenoxy) is 1. The standard InChI is InChI=1S/C13H23N3O/c1-3-8-16-12(5-7-15-16)13(14-4-2)11-6-9-17-10-11/h5,7,11,13-14H,3-4,6,8-10H2,1-2H3. The second kappa shape index (κ2) is 6.17. The molecule has 0 spiro atoms. The van der Waals surface area contributed by atoms with Gasteiger partial charge >= 0.3 is 0 Å². The van der Waals surface area contributed by atoms with Crippen molar-refractivity contribution in [2.45, 2.75) is 39.3 Å². The van der Waals surface area contributed by atoms with Gasteiger partial charge in [0.2, 0.25) is 0 Å². The molecule has 0 saturated carbocycles. The fourth-order valence-electron chi connectivity index (χ4n) is 2.55. The van der Waals surface area contributed by atoms with E-state index in [0.717, 1.165) is 39.1 Å². The first kappa shape index (κ1) is 12.6. The van der Waals surface area contributed by atoms with Gasteiger partial charge in [-0.3, -0.25) is 4.68 Å². The number of rotatable bonds is 6. The molecule has 1 aliphatic heterocycles. The van der Waals surface area contributed by atoms with Crippen LogP contribution in [0.25, 0.3) is 0 Å². The van der Waals surface area contributed by atoms with Crippen molar-refractivity contribution in [1.29, 1.82) is 0 Å². The summed E-state index contributed by atoms with van der Waals surface area (Å²) in [4.78, 5) is 0. The second-order valence-electron chi connectivity index (χ2n) is 4.64. The Morgan fingerprint density at radius 1 is 1.59 bits per heavy atom. The predicted octanol–water partition coefficient (Wildman–Crippen LogP) is 1.98. The highest BCUT2D eigenvalue weighted by Gasteiger charge is 2.28. The normalized spacial score (nSPS) is 21.9. The minimum Gasteiger partial charge on any atom is -0.381 e. The van der Waals surface area contributed by atoms with E-state index in [4.69, 9.17) is 4.74 Å². The van der Waals surface area contributed by atoms with Crippen LogP contribution in [0, 0.1) is 5.92 Å². The molecule has 17 heavy (non-hydrogen) atoms. The molecule has 0 aliphatic carbocycles. The van der Waals surface area contributed by atoms with Crippen molar-refractivity contribution in [2.75, 3.05) is 19.8 Å². The van der Waals surface area contributed by atoms with Crippen molar-refractivity contribution in [1.82, 2.24) is 15.1 Å². The van der Waals surface area contributed by atoms with Gasteiger partial charge in [0, 0.05) is 25.3 Å². The lowest BCUT2D eigenvalue weighted by atomic mass is 9.96. The molecular weight excluding hydrogens is 214 g/mol. The average Bonchev–Trinajstić information content (AvgIpc) is 2.97. The molecule has 0 bridgehead atoms. The zero-order valence-corrected chi connectivity index (χ0v) is 10.9. The molecule has 1 fully saturated rings. The molecule has 1 saturated heterocycles. The highest BCUT2D eigenvalue weighted by Crippen LogP contribution is 2.28. The Balaban J connectivity index is 2.15. The monoisotopic (exact) mass is 237 g/mol. The van der Waals surface area contributed by atoms with E-state index < -0.39 is 0 Å². The third kappa shape index (κ3) is 2.87. The summed E-state index contributed by atoms with van der Waals surface area (Å²) in [7, 11) is 0. The first-order valence-electron chi connectivity index (χ1n) is 6.69. The minimum atomic E-state index is 0.386. The Bertz CT molecular complexity index is 331. The molecule has 1 aromatic rings. The van der Waals surface area contributed by atoms with E-state index in [0.29, 0.717) is 12.0 Å². The molecule has 4 heteroatoms. The molecule has 2 heterocycles. The van der Waals surface area contributed by atoms with Crippen LogP contribution in [0.15, 0.2) is 12.3 Å². The number of aromatic nitrogens is 2. The van der Waals surface area contributed by atoms with E-state index in [2.05, 4.69) is 35.0 Å². The summed E-state index contributed by atoms with van der Waals surface area (Å²) in [6.07, 6.45) is 4.18. The zero-order chi connectivity index (χ0) is 12.1. The van der Waals surface area contributed by atoms with E-state index in [-0.39, 0.29) is 0 Å². The summed E-state index contributed by atoms with van der Waals surface area (Å²) in [5.41, 5.74) is 1.31. The highest BCUT2D eigenvalue weighted by molar-refractivity contribution is 5.09. The largest absolute Gasteiger partial charge is 0.381 e. The van der Waals surface area contributed by atoms with Gasteiger partial charge in [0.1, 0.15) is 0 Å². The number of nitrogens with one attached hydrogen (secondary N) is 1. The lowest BCUT2D eigenvalue weighted by molar-refractivity contribution is 0.175. The molecule has 4 nitrogen and oxygen atoms in total. The van der Waals surface area contributed by atoms with Crippen molar-refractivity contribution in [3.63, 3.8) is 0 Å². The maximum absolute atomic E-state index is 5.51. The van der Waals surface area contributed by atoms with Crippen LogP contribution in [0.3, 0.4) is 0 Å². The lowest BCUT2D eigenvalue weighted by Gasteiger charge is -2.24. The summed E-state index contributed by atoms with van der Waals surface area (Å²) < 4.78 is 7.64. The number of aryl methyl sites for hydroxylation is 1. The fraction of sp³-hybridized carbons (Fsp3) is 0.769. The van der Waals surface area contributed by atoms with Crippen molar-refractivity contribution >= 4 is 0 Å². The second-order valence-corrected chi connectivity index (χ2v) is 4.64. The maximum Gasteiger partial charge on any atom is 0.0557 e. The highest BCUT2D eigenvalue weighted by atomic mass is 16.5. The van der Waals surface area contributed by atoms with Crippen LogP contribution >= 0.6 is 0 Å². The van der Waals surface area contributed by atoms with Gasteiger partial charge < -0.3 is 10.1 Å². The Labute approximate surface area is 103 Å². The quantitative estimate of drug-likeness (QED) is 0.822. The first-order chi connectivity index (χ1) is 8.36. The van der Waals surface area contributed by atoms with Crippen LogP contribution in [0.2, 0.25) is 0 Å². The fourth-order valence-corrected chi connectivity index (χ4v) is 2.55. The Morgan fingerprint density at radius 3 is 3.12 bits per heavy atom. The van der Waals surface area contributed by atoms with Crippen molar-refractivity contribution < 1.29 is 4.74 Å². The van der Waals surface area contributed by atoms with Gasteiger partial charge in [-0.1, -0.05) is 13.8 Å². The zero-order valence-electron chi connectivity index (χ0n) is 10.9. The third-order valence-electron chi connectivity index (χ3n) is 3.36. The summed E-state index contributed by atoms with van der Waals surface area (Å²) in [6.45, 7) is 8.09. The van der Waals surface area contributed by atoms with E-state index in [1.807, 2.05) is 6.20 Å². The number of nitrogens with zero attached hydrogens (tertiary/aromatic N) is 2. The van der Waals surface area contributed by atoms with Crippen molar-refractivity contribution in [3.8, 4) is 0 Å². The van der Waals surface area contributed by atoms with Crippen molar-refractivity contribution in [2.24, 2.45) is 5.92 Å². The number of hydrogen-bond donors (Lipinski definition) is 1. The van der Waals surface area contributed by atoms with Crippen LogP contribution in [0.4, 0.5) is 0 Å². The molecule has 0 radical (unpaired) electrons. The average molecular weight is 237 g/mol. The van der Waals surface area contributed by atoms with E-state index in [9.17, 15) is 0 Å². The Morgan fingerprint density at radius 2 is 2.47 bits per heavy atom. The molecule has 0 amide bonds. The molecule has 1 aliphatic rings. The van der Waals surface area contributed by atoms with E-state index in [1.165, 1.54) is 5.69 Å². The van der Waals surface area contributed by atoms with Crippen LogP contribution in [0.1, 0.15) is 38.4 Å². The van der Waals surface area contributed by atoms with Gasteiger partial charge in [-0.2, -0.15) is 5.10 Å². The summed E-state index contributed by atoms with van der Waals surface area (Å²) >= 11 is 0. The molecule has 0 aromatic carbocycles. The lowest BCUT2D eigenvalue weighted by Crippen LogP contribution is -2.30. The van der Waals surface area contributed by atoms with Gasteiger partial charge in [-0.25, -0.2) is 0 Å². The summed E-state index contributed by atoms with van der Waals surface area (Å²) in [5, 5.41) is 8.00. The van der Waals surface area contributed by atoms with Gasteiger partial charge in [0.05, 0.1) is 18.3 Å². The van der Waals surface area contributed by atoms with Crippen LogP contribution in [-0.2, 0) is 11.3 Å². The summed E-state index contributed by atoms with van der Waals surface area (Å²) in [6, 6.07) is 2.53. The molecule has 2 atom stereocenters. The van der Waals surface area contributed by atoms with E-state index >= 15 is 0 Å². The van der Waals surface area contributed by atoms with Gasteiger partial charge in [0.15, 0.2) is 0 Å². The smallest absolute Gasteiger partial charge is 0.0557 e. The SMILES string of the molecule is CCCn1nccc1C(NCC)C1CCOC1. The minimum absolute atomic E-state index is 0.386. The molecular formula is C13H23N3O. The predicted molar refractivity (Wildman–Crippen MR) is 67.9 cm³/mol. The molecule has 1 aromatic heterocycles. The molecule has 2 unspecified atom stereocenters. The van der Waals surface area contributed by atoms with E-state index in [1.54, 1.807) is 0 Å². The van der Waals surface area contributed by atoms with Gasteiger partial charge in [-0.05, 0) is 25.5 Å². The van der Waals surface area contributed by atoms with Crippen molar-refractivity contribution in [3.05, 3.63) is 18.0 Å². The van der Waals surface area contributed by atoms with Crippen LogP contribution in [0.5, 0.6) is 0 Å². The number of hydrogen-bond acceptors (Lipinski definition) is 3. The molecule has 2 rings (SSSR count). The van der Waals surface area contributed by atoms with Crippen LogP contribution in [-0.4, -0.2) is 29.5 Å². The molecule has 96 valence electrons. The van der Waals surface area contributed by atoms with Crippen LogP contribution < -0.4 is 5.32 Å². The summed E-state index contributed by atoms with van der Waals surface area (Å²) in [5.74, 6) is 0.585. The Kier molecular flexibility index (Phi) is 4.57. The topological polar surface area (TPSA) is 39.1 Å². The maximum atomic E-state index is 5.51. The first-order valence-corrected chi connectivity index (χ1v) is 6.69. The molecule has 1 N–H and O–H groups in total. The third-order valence-corrected chi connectivity index (χ3v) is 3.36.